The molecule has 0 fully saturated rings. The molecule has 0 radical (unpaired) electrons. The summed E-state index contributed by atoms with van der Waals surface area (Å²) in [5.74, 6) is 0. The fraction of sp³-hybridized carbons (Fsp3) is 0.714. The van der Waals surface area contributed by atoms with E-state index in [1.54, 1.807) is 24.0 Å². The number of nitrogens with zero attached hydrogens (tertiary/aromatic N) is 2. The number of ether oxygens (including phenoxy) is 1. The highest BCUT2D eigenvalue weighted by Crippen LogP contribution is 2.04. The summed E-state index contributed by atoms with van der Waals surface area (Å²) in [6, 6.07) is 0.336. The summed E-state index contributed by atoms with van der Waals surface area (Å²) in [6.45, 7) is 0.704. The first-order chi connectivity index (χ1) is 5.86. The van der Waals surface area contributed by atoms with Gasteiger partial charge in [-0.3, -0.25) is 0 Å². The summed E-state index contributed by atoms with van der Waals surface area (Å²) in [6.07, 6.45) is 0.884. The van der Waals surface area contributed by atoms with Crippen LogP contribution >= 0.6 is 11.3 Å². The number of nitrogens with one attached hydrogen (secondary N) is 1. The van der Waals surface area contributed by atoms with Crippen molar-refractivity contribution in [2.75, 3.05) is 20.8 Å². The van der Waals surface area contributed by atoms with Gasteiger partial charge in [0.25, 0.3) is 0 Å². The molecule has 1 aromatic rings. The molecule has 1 atom stereocenters. The molecule has 0 aliphatic carbocycles. The predicted molar refractivity (Wildman–Crippen MR) is 48.3 cm³/mol. The van der Waals surface area contributed by atoms with E-state index in [9.17, 15) is 0 Å². The minimum absolute atomic E-state index is 0.336. The van der Waals surface area contributed by atoms with E-state index in [4.69, 9.17) is 4.74 Å². The quantitative estimate of drug-likeness (QED) is 0.721. The molecule has 0 bridgehead atoms. The van der Waals surface area contributed by atoms with Crippen molar-refractivity contribution >= 4 is 11.3 Å². The summed E-state index contributed by atoms with van der Waals surface area (Å²) in [5, 5.41) is 11.9. The van der Waals surface area contributed by atoms with Gasteiger partial charge in [0.15, 0.2) is 0 Å². The van der Waals surface area contributed by atoms with Crippen molar-refractivity contribution < 1.29 is 4.74 Å². The van der Waals surface area contributed by atoms with Gasteiger partial charge >= 0.3 is 0 Å². The molecule has 4 nitrogen and oxygen atoms in total. The standard InChI is InChI=1S/C7H13N3OS/c1-8-6(4-11-2)3-7-10-9-5-12-7/h5-6,8H,3-4H2,1-2H3. The molecule has 1 aromatic heterocycles. The Morgan fingerprint density at radius 3 is 3.08 bits per heavy atom. The summed E-state index contributed by atoms with van der Waals surface area (Å²) in [7, 11) is 3.62. The second kappa shape index (κ2) is 5.18. The average molecular weight is 187 g/mol. The molecular weight excluding hydrogens is 174 g/mol. The number of methoxy groups -OCH3 is 1. The van der Waals surface area contributed by atoms with Gasteiger partial charge in [-0.05, 0) is 7.05 Å². The van der Waals surface area contributed by atoms with E-state index in [-0.39, 0.29) is 0 Å². The lowest BCUT2D eigenvalue weighted by Crippen LogP contribution is -2.32. The molecule has 1 rings (SSSR count). The molecule has 1 heterocycles. The van der Waals surface area contributed by atoms with E-state index in [2.05, 4.69) is 15.5 Å². The van der Waals surface area contributed by atoms with Gasteiger partial charge in [0.2, 0.25) is 0 Å². The van der Waals surface area contributed by atoms with Gasteiger partial charge in [-0.15, -0.1) is 21.5 Å². The van der Waals surface area contributed by atoms with Crippen LogP contribution in [0.2, 0.25) is 0 Å². The largest absolute Gasteiger partial charge is 0.383 e. The van der Waals surface area contributed by atoms with Crippen LogP contribution in [0.3, 0.4) is 0 Å². The van der Waals surface area contributed by atoms with Gasteiger partial charge in [-0.2, -0.15) is 0 Å². The van der Waals surface area contributed by atoms with Gasteiger partial charge in [-0.1, -0.05) is 0 Å². The Kier molecular flexibility index (Phi) is 4.13. The van der Waals surface area contributed by atoms with Crippen LogP contribution in [0.1, 0.15) is 5.01 Å². The van der Waals surface area contributed by atoms with E-state index >= 15 is 0 Å². The monoisotopic (exact) mass is 187 g/mol. The molecule has 1 N–H and O–H groups in total. The fourth-order valence-corrected chi connectivity index (χ4v) is 1.55. The highest BCUT2D eigenvalue weighted by atomic mass is 32.1. The minimum atomic E-state index is 0.336. The van der Waals surface area contributed by atoms with E-state index in [0.29, 0.717) is 12.6 Å². The molecule has 12 heavy (non-hydrogen) atoms. The Bertz CT molecular complexity index is 202. The number of hydrogen-bond donors (Lipinski definition) is 1. The predicted octanol–water partition coefficient (Wildman–Crippen LogP) is 0.315. The second-order valence-electron chi connectivity index (χ2n) is 2.48. The molecule has 0 saturated carbocycles. The zero-order chi connectivity index (χ0) is 8.81. The maximum atomic E-state index is 5.04. The third-order valence-electron chi connectivity index (χ3n) is 1.60. The molecule has 68 valence electrons. The van der Waals surface area contributed by atoms with Crippen molar-refractivity contribution in [2.24, 2.45) is 0 Å². The normalized spacial score (nSPS) is 13.2. The maximum Gasteiger partial charge on any atom is 0.118 e. The maximum absolute atomic E-state index is 5.04. The van der Waals surface area contributed by atoms with E-state index in [0.717, 1.165) is 11.4 Å². The average Bonchev–Trinajstić information content (AvgIpc) is 2.56. The SMILES string of the molecule is CNC(COC)Cc1nncs1. The first-order valence-corrected chi connectivity index (χ1v) is 4.66. The Balaban J connectivity index is 2.37. The van der Waals surface area contributed by atoms with E-state index < -0.39 is 0 Å². The molecular formula is C7H13N3OS. The summed E-state index contributed by atoms with van der Waals surface area (Å²) >= 11 is 1.57. The third-order valence-corrected chi connectivity index (χ3v) is 2.32. The minimum Gasteiger partial charge on any atom is -0.383 e. The van der Waals surface area contributed by atoms with Crippen molar-refractivity contribution in [3.8, 4) is 0 Å². The summed E-state index contributed by atoms with van der Waals surface area (Å²) in [4.78, 5) is 0. The van der Waals surface area contributed by atoms with Crippen molar-refractivity contribution in [1.29, 1.82) is 0 Å². The Morgan fingerprint density at radius 2 is 2.58 bits per heavy atom. The van der Waals surface area contributed by atoms with Crippen molar-refractivity contribution in [3.63, 3.8) is 0 Å². The van der Waals surface area contributed by atoms with Crippen LogP contribution in [0.5, 0.6) is 0 Å². The van der Waals surface area contributed by atoms with Gasteiger partial charge in [0.05, 0.1) is 6.61 Å². The van der Waals surface area contributed by atoms with Crippen LogP contribution < -0.4 is 5.32 Å². The Hall–Kier alpha value is -0.520. The van der Waals surface area contributed by atoms with E-state index in [1.807, 2.05) is 7.05 Å². The highest BCUT2D eigenvalue weighted by molar-refractivity contribution is 7.09. The van der Waals surface area contributed by atoms with Gasteiger partial charge in [0.1, 0.15) is 10.5 Å². The molecule has 0 aromatic carbocycles. The Labute approximate surface area is 76.0 Å². The zero-order valence-corrected chi connectivity index (χ0v) is 8.10. The third kappa shape index (κ3) is 2.84. The first kappa shape index (κ1) is 9.57. The van der Waals surface area contributed by atoms with Crippen LogP contribution in [-0.2, 0) is 11.2 Å². The number of hydrogen-bond acceptors (Lipinski definition) is 5. The molecule has 1 unspecified atom stereocenters. The second-order valence-corrected chi connectivity index (χ2v) is 3.40. The highest BCUT2D eigenvalue weighted by Gasteiger charge is 2.08. The number of rotatable bonds is 5. The van der Waals surface area contributed by atoms with Crippen molar-refractivity contribution in [2.45, 2.75) is 12.5 Å². The molecule has 0 saturated heterocycles. The lowest BCUT2D eigenvalue weighted by molar-refractivity contribution is 0.169. The first-order valence-electron chi connectivity index (χ1n) is 3.78. The van der Waals surface area contributed by atoms with Crippen molar-refractivity contribution in [1.82, 2.24) is 15.5 Å². The lowest BCUT2D eigenvalue weighted by Gasteiger charge is -2.12. The van der Waals surface area contributed by atoms with Crippen LogP contribution in [0.4, 0.5) is 0 Å². The molecule has 0 aliphatic rings. The zero-order valence-electron chi connectivity index (χ0n) is 7.28. The van der Waals surface area contributed by atoms with Crippen LogP contribution in [-0.4, -0.2) is 37.0 Å². The van der Waals surface area contributed by atoms with Gasteiger partial charge in [0, 0.05) is 19.6 Å². The summed E-state index contributed by atoms with van der Waals surface area (Å²) in [5.41, 5.74) is 1.74. The van der Waals surface area contributed by atoms with Crippen LogP contribution in [0.25, 0.3) is 0 Å². The van der Waals surface area contributed by atoms with E-state index in [1.165, 1.54) is 0 Å². The summed E-state index contributed by atoms with van der Waals surface area (Å²) < 4.78 is 5.04. The van der Waals surface area contributed by atoms with Crippen LogP contribution in [0, 0.1) is 0 Å². The Morgan fingerprint density at radius 1 is 1.75 bits per heavy atom. The molecule has 5 heteroatoms. The smallest absolute Gasteiger partial charge is 0.118 e. The van der Waals surface area contributed by atoms with Crippen LogP contribution in [0.15, 0.2) is 5.51 Å². The number of aromatic nitrogens is 2. The topological polar surface area (TPSA) is 47.0 Å². The van der Waals surface area contributed by atoms with Gasteiger partial charge in [-0.25, -0.2) is 0 Å². The number of likely N-dealkylation sites (N-methyl/N-ethyl adjacent to an activating group) is 1. The molecule has 0 aliphatic heterocycles. The molecule has 0 spiro atoms. The fourth-order valence-electron chi connectivity index (χ4n) is 0.941. The van der Waals surface area contributed by atoms with Gasteiger partial charge < -0.3 is 10.1 Å². The lowest BCUT2D eigenvalue weighted by atomic mass is 10.2. The molecule has 0 amide bonds. The van der Waals surface area contributed by atoms with Crippen molar-refractivity contribution in [3.05, 3.63) is 10.5 Å².